The van der Waals surface area contributed by atoms with Gasteiger partial charge in [-0.15, -0.1) is 0 Å². The number of hydrogen-bond donors (Lipinski definition) is 2. The number of morpholine rings is 1. The number of ether oxygens (including phenoxy) is 1. The first kappa shape index (κ1) is 24.4. The van der Waals surface area contributed by atoms with Crippen LogP contribution in [0.15, 0.2) is 47.4 Å². The SMILES string of the molecule is CCc1ccc(C(=O)NC(c2nc3ccccc3[nH]2)C(C)CC)cc1S(=O)(=O)N1CCOCC1. The Bertz CT molecular complexity index is 1230. The molecule has 1 saturated heterocycles. The van der Waals surface area contributed by atoms with Crippen LogP contribution in [0.2, 0.25) is 0 Å². The number of sulfonamides is 1. The quantitative estimate of drug-likeness (QED) is 0.508. The molecule has 3 aromatic rings. The van der Waals surface area contributed by atoms with Gasteiger partial charge in [0.2, 0.25) is 10.0 Å². The van der Waals surface area contributed by atoms with Crippen LogP contribution in [0.4, 0.5) is 0 Å². The number of aryl methyl sites for hydroxylation is 1. The third kappa shape index (κ3) is 4.87. The Balaban J connectivity index is 1.65. The number of amides is 1. The molecule has 1 aliphatic heterocycles. The number of nitrogens with one attached hydrogen (secondary N) is 2. The van der Waals surface area contributed by atoms with E-state index >= 15 is 0 Å². The van der Waals surface area contributed by atoms with Crippen LogP contribution < -0.4 is 5.32 Å². The van der Waals surface area contributed by atoms with Crippen molar-refractivity contribution in [3.05, 3.63) is 59.4 Å². The highest BCUT2D eigenvalue weighted by Crippen LogP contribution is 2.27. The number of carbonyl (C=O) groups is 1. The van der Waals surface area contributed by atoms with Crippen molar-refractivity contribution in [1.82, 2.24) is 19.6 Å². The molecule has 0 spiro atoms. The van der Waals surface area contributed by atoms with Gasteiger partial charge in [-0.3, -0.25) is 4.79 Å². The fourth-order valence-corrected chi connectivity index (χ4v) is 5.94. The minimum absolute atomic E-state index is 0.121. The smallest absolute Gasteiger partial charge is 0.251 e. The number of aromatic amines is 1. The number of H-pyrrole nitrogens is 1. The van der Waals surface area contributed by atoms with E-state index in [0.717, 1.165) is 17.5 Å². The highest BCUT2D eigenvalue weighted by Gasteiger charge is 2.30. The Morgan fingerprint density at radius 1 is 1.18 bits per heavy atom. The van der Waals surface area contributed by atoms with Crippen molar-refractivity contribution in [3.63, 3.8) is 0 Å². The van der Waals surface area contributed by atoms with E-state index in [4.69, 9.17) is 4.74 Å². The van der Waals surface area contributed by atoms with Crippen LogP contribution in [0.1, 0.15) is 55.0 Å². The third-order valence-corrected chi connectivity index (χ3v) is 8.48. The van der Waals surface area contributed by atoms with Gasteiger partial charge in [0.05, 0.1) is 35.2 Å². The maximum Gasteiger partial charge on any atom is 0.251 e. The van der Waals surface area contributed by atoms with E-state index in [1.807, 2.05) is 31.2 Å². The summed E-state index contributed by atoms with van der Waals surface area (Å²) in [6.45, 7) is 7.40. The van der Waals surface area contributed by atoms with E-state index in [1.54, 1.807) is 12.1 Å². The summed E-state index contributed by atoms with van der Waals surface area (Å²) < 4.78 is 33.5. The van der Waals surface area contributed by atoms with Gasteiger partial charge in [0.1, 0.15) is 5.82 Å². The van der Waals surface area contributed by atoms with E-state index in [-0.39, 0.29) is 22.8 Å². The van der Waals surface area contributed by atoms with Crippen molar-refractivity contribution < 1.29 is 17.9 Å². The topological polar surface area (TPSA) is 104 Å². The normalized spacial score (nSPS) is 16.9. The molecule has 0 aliphatic carbocycles. The highest BCUT2D eigenvalue weighted by atomic mass is 32.2. The van der Waals surface area contributed by atoms with E-state index in [0.29, 0.717) is 49.7 Å². The number of benzene rings is 2. The molecule has 2 atom stereocenters. The van der Waals surface area contributed by atoms with Gasteiger partial charge in [0.15, 0.2) is 0 Å². The molecule has 1 amide bonds. The predicted octanol–water partition coefficient (Wildman–Crippen LogP) is 3.66. The number of hydrogen-bond acceptors (Lipinski definition) is 5. The summed E-state index contributed by atoms with van der Waals surface area (Å²) in [6, 6.07) is 12.3. The first-order valence-electron chi connectivity index (χ1n) is 11.8. The van der Waals surface area contributed by atoms with Crippen LogP contribution >= 0.6 is 0 Å². The van der Waals surface area contributed by atoms with Gasteiger partial charge in [0.25, 0.3) is 5.91 Å². The molecule has 9 heteroatoms. The molecule has 1 fully saturated rings. The molecule has 0 saturated carbocycles. The molecule has 4 rings (SSSR count). The zero-order valence-electron chi connectivity index (χ0n) is 19.9. The zero-order valence-corrected chi connectivity index (χ0v) is 20.7. The molecule has 34 heavy (non-hydrogen) atoms. The highest BCUT2D eigenvalue weighted by molar-refractivity contribution is 7.89. The summed E-state index contributed by atoms with van der Waals surface area (Å²) in [4.78, 5) is 21.5. The number of para-hydroxylation sites is 2. The molecule has 0 radical (unpaired) electrons. The van der Waals surface area contributed by atoms with E-state index in [1.165, 1.54) is 10.4 Å². The minimum atomic E-state index is -3.72. The Morgan fingerprint density at radius 3 is 2.59 bits per heavy atom. The lowest BCUT2D eigenvalue weighted by Crippen LogP contribution is -2.41. The molecule has 2 heterocycles. The predicted molar refractivity (Wildman–Crippen MR) is 131 cm³/mol. The van der Waals surface area contributed by atoms with Crippen molar-refractivity contribution in [3.8, 4) is 0 Å². The van der Waals surface area contributed by atoms with Crippen molar-refractivity contribution in [1.29, 1.82) is 0 Å². The van der Waals surface area contributed by atoms with Crippen LogP contribution in [0, 0.1) is 5.92 Å². The summed E-state index contributed by atoms with van der Waals surface area (Å²) in [5.74, 6) is 0.484. The lowest BCUT2D eigenvalue weighted by atomic mass is 9.98. The molecular formula is C25H32N4O4S. The van der Waals surface area contributed by atoms with Crippen molar-refractivity contribution in [2.75, 3.05) is 26.3 Å². The molecular weight excluding hydrogens is 452 g/mol. The maximum atomic E-state index is 13.4. The minimum Gasteiger partial charge on any atom is -0.379 e. The van der Waals surface area contributed by atoms with Crippen molar-refractivity contribution >= 4 is 27.0 Å². The van der Waals surface area contributed by atoms with E-state index in [9.17, 15) is 13.2 Å². The van der Waals surface area contributed by atoms with Gasteiger partial charge in [-0.1, -0.05) is 45.4 Å². The van der Waals surface area contributed by atoms with Gasteiger partial charge in [-0.2, -0.15) is 4.31 Å². The van der Waals surface area contributed by atoms with Gasteiger partial charge >= 0.3 is 0 Å². The Morgan fingerprint density at radius 2 is 1.91 bits per heavy atom. The molecule has 2 aromatic carbocycles. The summed E-state index contributed by atoms with van der Waals surface area (Å²) in [6.07, 6.45) is 1.39. The molecule has 2 unspecified atom stereocenters. The molecule has 182 valence electrons. The van der Waals surface area contributed by atoms with Gasteiger partial charge < -0.3 is 15.0 Å². The fourth-order valence-electron chi connectivity index (χ4n) is 4.21. The number of nitrogens with zero attached hydrogens (tertiary/aromatic N) is 2. The molecule has 8 nitrogen and oxygen atoms in total. The first-order valence-corrected chi connectivity index (χ1v) is 13.3. The van der Waals surface area contributed by atoms with Crippen molar-refractivity contribution in [2.24, 2.45) is 5.92 Å². The molecule has 0 bridgehead atoms. The lowest BCUT2D eigenvalue weighted by molar-refractivity contribution is 0.0730. The number of imidazole rings is 1. The Labute approximate surface area is 200 Å². The summed E-state index contributed by atoms with van der Waals surface area (Å²) in [5.41, 5.74) is 2.75. The maximum absolute atomic E-state index is 13.4. The number of rotatable bonds is 8. The number of aromatic nitrogens is 2. The standard InChI is InChI=1S/C25H32N4O4S/c1-4-17(3)23(24-26-20-8-6-7-9-21(20)27-24)28-25(30)19-11-10-18(5-2)22(16-19)34(31,32)29-12-14-33-15-13-29/h6-11,16-17,23H,4-5,12-15H2,1-3H3,(H,26,27)(H,28,30). The average Bonchev–Trinajstić information content (AvgIpc) is 3.30. The largest absolute Gasteiger partial charge is 0.379 e. The monoisotopic (exact) mass is 484 g/mol. The van der Waals surface area contributed by atoms with E-state index in [2.05, 4.69) is 29.1 Å². The summed E-state index contributed by atoms with van der Waals surface area (Å²) in [7, 11) is -3.72. The summed E-state index contributed by atoms with van der Waals surface area (Å²) in [5, 5.41) is 3.10. The lowest BCUT2D eigenvalue weighted by Gasteiger charge is -2.27. The van der Waals surface area contributed by atoms with Crippen LogP contribution in [0.25, 0.3) is 11.0 Å². The van der Waals surface area contributed by atoms with Gasteiger partial charge in [-0.05, 0) is 42.2 Å². The third-order valence-electron chi connectivity index (χ3n) is 6.50. The second kappa shape index (κ2) is 10.2. The molecule has 2 N–H and O–H groups in total. The van der Waals surface area contributed by atoms with Crippen molar-refractivity contribution in [2.45, 2.75) is 44.6 Å². The number of carbonyl (C=O) groups excluding carboxylic acids is 1. The second-order valence-electron chi connectivity index (χ2n) is 8.67. The average molecular weight is 485 g/mol. The summed E-state index contributed by atoms with van der Waals surface area (Å²) >= 11 is 0. The molecule has 1 aliphatic rings. The first-order chi connectivity index (χ1) is 16.3. The molecule has 1 aromatic heterocycles. The number of fused-ring (bicyclic) bond motifs is 1. The fraction of sp³-hybridized carbons (Fsp3) is 0.440. The van der Waals surface area contributed by atoms with Gasteiger partial charge in [-0.25, -0.2) is 13.4 Å². The van der Waals surface area contributed by atoms with E-state index < -0.39 is 10.0 Å². The second-order valence-corrected chi connectivity index (χ2v) is 10.6. The Kier molecular flexibility index (Phi) is 7.35. The van der Waals surface area contributed by atoms with Crippen LogP contribution in [-0.4, -0.2) is 54.9 Å². The van der Waals surface area contributed by atoms with Crippen LogP contribution in [0.3, 0.4) is 0 Å². The Hall–Kier alpha value is -2.75. The van der Waals surface area contributed by atoms with Crippen LogP contribution in [0.5, 0.6) is 0 Å². The zero-order chi connectivity index (χ0) is 24.3. The van der Waals surface area contributed by atoms with Gasteiger partial charge in [0, 0.05) is 18.7 Å². The van der Waals surface area contributed by atoms with Crippen LogP contribution in [-0.2, 0) is 21.2 Å².